The zero-order valence-corrected chi connectivity index (χ0v) is 10.3. The molecule has 3 N–H and O–H groups in total. The van der Waals surface area contributed by atoms with Crippen LogP contribution in [0.15, 0.2) is 24.3 Å². The van der Waals surface area contributed by atoms with Gasteiger partial charge in [-0.15, -0.1) is 0 Å². The summed E-state index contributed by atoms with van der Waals surface area (Å²) in [6.07, 6.45) is 4.17. The highest BCUT2D eigenvalue weighted by Gasteiger charge is 2.24. The summed E-state index contributed by atoms with van der Waals surface area (Å²) in [7, 11) is 0. The third-order valence-electron chi connectivity index (χ3n) is 3.65. The van der Waals surface area contributed by atoms with E-state index >= 15 is 0 Å². The van der Waals surface area contributed by atoms with E-state index in [0.29, 0.717) is 24.1 Å². The van der Waals surface area contributed by atoms with E-state index in [1.807, 2.05) is 24.3 Å². The Morgan fingerprint density at radius 1 is 1.47 bits per heavy atom. The molecule has 1 fully saturated rings. The maximum Gasteiger partial charge on any atom is 0.224 e. The summed E-state index contributed by atoms with van der Waals surface area (Å²) in [4.78, 5) is 11.9. The Labute approximate surface area is 102 Å². The van der Waals surface area contributed by atoms with Gasteiger partial charge in [0.15, 0.2) is 0 Å². The number of nitrogens with two attached hydrogens (primary N) is 1. The first kappa shape index (κ1) is 12.0. The Bertz CT molecular complexity index is 399. The highest BCUT2D eigenvalue weighted by atomic mass is 16.1. The molecule has 92 valence electrons. The monoisotopic (exact) mass is 232 g/mol. The highest BCUT2D eigenvalue weighted by Crippen LogP contribution is 2.29. The van der Waals surface area contributed by atoms with Crippen molar-refractivity contribution in [2.24, 2.45) is 5.92 Å². The molecule has 3 nitrogen and oxygen atoms in total. The second-order valence-corrected chi connectivity index (χ2v) is 4.92. The number of para-hydroxylation sites is 1. The molecule has 1 aromatic rings. The largest absolute Gasteiger partial charge is 0.398 e. The minimum absolute atomic E-state index is 0.0716. The van der Waals surface area contributed by atoms with Crippen molar-refractivity contribution >= 4 is 11.6 Å². The molecule has 0 heterocycles. The van der Waals surface area contributed by atoms with Gasteiger partial charge in [-0.3, -0.25) is 4.79 Å². The molecule has 0 spiro atoms. The van der Waals surface area contributed by atoms with Gasteiger partial charge in [0, 0.05) is 11.7 Å². The predicted molar refractivity (Wildman–Crippen MR) is 69.5 cm³/mol. The number of carbonyl (C=O) groups is 1. The van der Waals surface area contributed by atoms with E-state index in [0.717, 1.165) is 5.56 Å². The van der Waals surface area contributed by atoms with Gasteiger partial charge in [-0.05, 0) is 37.3 Å². The van der Waals surface area contributed by atoms with Crippen molar-refractivity contribution < 1.29 is 4.79 Å². The molecule has 0 aromatic heterocycles. The lowest BCUT2D eigenvalue weighted by atomic mass is 9.80. The molecule has 2 rings (SSSR count). The summed E-state index contributed by atoms with van der Waals surface area (Å²) in [5, 5.41) is 3.06. The molecule has 0 radical (unpaired) electrons. The lowest BCUT2D eigenvalue weighted by Crippen LogP contribution is -2.41. The number of rotatable bonds is 4. The van der Waals surface area contributed by atoms with Gasteiger partial charge in [-0.1, -0.05) is 24.6 Å². The minimum Gasteiger partial charge on any atom is -0.398 e. The average Bonchev–Trinajstić information content (AvgIpc) is 2.18. The van der Waals surface area contributed by atoms with Crippen LogP contribution in [0.4, 0.5) is 5.69 Å². The normalized spacial score (nSPS) is 17.2. The highest BCUT2D eigenvalue weighted by molar-refractivity contribution is 5.80. The minimum atomic E-state index is 0.0716. The Morgan fingerprint density at radius 2 is 2.18 bits per heavy atom. The molecular formula is C14H20N2O. The molecule has 1 aliphatic carbocycles. The van der Waals surface area contributed by atoms with Crippen molar-refractivity contribution in [2.45, 2.75) is 38.6 Å². The first-order valence-corrected chi connectivity index (χ1v) is 6.29. The van der Waals surface area contributed by atoms with E-state index in [9.17, 15) is 4.79 Å². The number of hydrogen-bond acceptors (Lipinski definition) is 2. The van der Waals surface area contributed by atoms with Crippen molar-refractivity contribution in [1.82, 2.24) is 5.32 Å². The van der Waals surface area contributed by atoms with Crippen molar-refractivity contribution in [2.75, 3.05) is 5.73 Å². The van der Waals surface area contributed by atoms with E-state index in [1.165, 1.54) is 19.3 Å². The number of carbonyl (C=O) groups excluding carboxylic acids is 1. The van der Waals surface area contributed by atoms with Gasteiger partial charge >= 0.3 is 0 Å². The SMILES string of the molecule is CC(NC(=O)Cc1ccccc1N)C1CCC1. The first-order valence-electron chi connectivity index (χ1n) is 6.29. The summed E-state index contributed by atoms with van der Waals surface area (Å²) in [5.74, 6) is 0.745. The molecule has 1 unspecified atom stereocenters. The van der Waals surface area contributed by atoms with Gasteiger partial charge < -0.3 is 11.1 Å². The van der Waals surface area contributed by atoms with Crippen LogP contribution in [0.25, 0.3) is 0 Å². The zero-order chi connectivity index (χ0) is 12.3. The second kappa shape index (κ2) is 5.21. The molecule has 17 heavy (non-hydrogen) atoms. The number of hydrogen-bond donors (Lipinski definition) is 2. The summed E-state index contributed by atoms with van der Waals surface area (Å²) >= 11 is 0. The second-order valence-electron chi connectivity index (χ2n) is 4.92. The van der Waals surface area contributed by atoms with Crippen LogP contribution < -0.4 is 11.1 Å². The van der Waals surface area contributed by atoms with Crippen LogP contribution in [0.2, 0.25) is 0 Å². The Hall–Kier alpha value is -1.51. The molecule has 0 saturated heterocycles. The Morgan fingerprint density at radius 3 is 2.76 bits per heavy atom. The molecule has 0 bridgehead atoms. The van der Waals surface area contributed by atoms with E-state index in [1.54, 1.807) is 0 Å². The molecule has 1 saturated carbocycles. The summed E-state index contributed by atoms with van der Waals surface area (Å²) in [6.45, 7) is 2.09. The van der Waals surface area contributed by atoms with Gasteiger partial charge in [0.05, 0.1) is 6.42 Å². The number of anilines is 1. The van der Waals surface area contributed by atoms with Gasteiger partial charge in [0.2, 0.25) is 5.91 Å². The fourth-order valence-electron chi connectivity index (χ4n) is 2.23. The van der Waals surface area contributed by atoms with Crippen molar-refractivity contribution in [3.8, 4) is 0 Å². The smallest absolute Gasteiger partial charge is 0.224 e. The first-order chi connectivity index (χ1) is 8.16. The third kappa shape index (κ3) is 2.99. The van der Waals surface area contributed by atoms with Gasteiger partial charge in [-0.2, -0.15) is 0 Å². The van der Waals surface area contributed by atoms with E-state index in [4.69, 9.17) is 5.73 Å². The van der Waals surface area contributed by atoms with Crippen LogP contribution >= 0.6 is 0 Å². The zero-order valence-electron chi connectivity index (χ0n) is 10.3. The van der Waals surface area contributed by atoms with Crippen LogP contribution in [0.3, 0.4) is 0 Å². The topological polar surface area (TPSA) is 55.1 Å². The summed E-state index contributed by atoms with van der Waals surface area (Å²) in [5.41, 5.74) is 7.42. The van der Waals surface area contributed by atoms with E-state index in [2.05, 4.69) is 12.2 Å². The summed E-state index contributed by atoms with van der Waals surface area (Å²) in [6, 6.07) is 7.82. The van der Waals surface area contributed by atoms with Crippen LogP contribution in [-0.4, -0.2) is 11.9 Å². The third-order valence-corrected chi connectivity index (χ3v) is 3.65. The molecule has 3 heteroatoms. The van der Waals surface area contributed by atoms with Gasteiger partial charge in [0.1, 0.15) is 0 Å². The standard InChI is InChI=1S/C14H20N2O/c1-10(11-6-4-7-11)16-14(17)9-12-5-2-3-8-13(12)15/h2-3,5,8,10-11H,4,6-7,9,15H2,1H3,(H,16,17). The van der Waals surface area contributed by atoms with Gasteiger partial charge in [0.25, 0.3) is 0 Å². The lowest BCUT2D eigenvalue weighted by molar-refractivity contribution is -0.121. The molecular weight excluding hydrogens is 212 g/mol. The predicted octanol–water partition coefficient (Wildman–Crippen LogP) is 2.12. The quantitative estimate of drug-likeness (QED) is 0.781. The molecule has 0 aliphatic heterocycles. The summed E-state index contributed by atoms with van der Waals surface area (Å²) < 4.78 is 0. The fraction of sp³-hybridized carbons (Fsp3) is 0.500. The Balaban J connectivity index is 1.86. The lowest BCUT2D eigenvalue weighted by Gasteiger charge is -2.31. The molecule has 1 aromatic carbocycles. The number of nitrogens with one attached hydrogen (secondary N) is 1. The number of nitrogen functional groups attached to an aromatic ring is 1. The van der Waals surface area contributed by atoms with Crippen LogP contribution in [0.1, 0.15) is 31.7 Å². The van der Waals surface area contributed by atoms with E-state index in [-0.39, 0.29) is 5.91 Å². The van der Waals surface area contributed by atoms with Crippen molar-refractivity contribution in [3.05, 3.63) is 29.8 Å². The Kier molecular flexibility index (Phi) is 3.67. The van der Waals surface area contributed by atoms with Crippen LogP contribution in [0, 0.1) is 5.92 Å². The number of benzene rings is 1. The maximum absolute atomic E-state index is 11.9. The maximum atomic E-state index is 11.9. The fourth-order valence-corrected chi connectivity index (χ4v) is 2.23. The molecule has 1 aliphatic rings. The van der Waals surface area contributed by atoms with Crippen LogP contribution in [-0.2, 0) is 11.2 Å². The van der Waals surface area contributed by atoms with Crippen LogP contribution in [0.5, 0.6) is 0 Å². The van der Waals surface area contributed by atoms with Gasteiger partial charge in [-0.25, -0.2) is 0 Å². The molecule has 1 amide bonds. The molecule has 1 atom stereocenters. The number of amides is 1. The van der Waals surface area contributed by atoms with Crippen molar-refractivity contribution in [1.29, 1.82) is 0 Å². The van der Waals surface area contributed by atoms with E-state index < -0.39 is 0 Å². The van der Waals surface area contributed by atoms with Crippen molar-refractivity contribution in [3.63, 3.8) is 0 Å². The average molecular weight is 232 g/mol.